The molecule has 6 heteroatoms. The number of hydrogen-bond donors (Lipinski definition) is 2. The van der Waals surface area contributed by atoms with Gasteiger partial charge >= 0.3 is 0 Å². The van der Waals surface area contributed by atoms with Crippen molar-refractivity contribution in [3.63, 3.8) is 0 Å². The molecule has 0 heterocycles. The highest BCUT2D eigenvalue weighted by molar-refractivity contribution is 5.46. The molecule has 6 nitrogen and oxygen atoms in total. The average Bonchev–Trinajstić information content (AvgIpc) is 2.56. The molecular weight excluding hydrogens is 344 g/mol. The van der Waals surface area contributed by atoms with Crippen LogP contribution in [0.1, 0.15) is 18.1 Å². The molecule has 1 rings (SSSR count). The van der Waals surface area contributed by atoms with Crippen molar-refractivity contribution in [2.24, 2.45) is 0 Å². The first-order chi connectivity index (χ1) is 12.6. The summed E-state index contributed by atoms with van der Waals surface area (Å²) in [5, 5.41) is 18.3. The van der Waals surface area contributed by atoms with E-state index in [1.54, 1.807) is 0 Å². The van der Waals surface area contributed by atoms with Crippen LogP contribution in [0.2, 0.25) is 0 Å². The van der Waals surface area contributed by atoms with Gasteiger partial charge in [-0.05, 0) is 36.6 Å². The van der Waals surface area contributed by atoms with Crippen molar-refractivity contribution in [1.29, 1.82) is 0 Å². The summed E-state index contributed by atoms with van der Waals surface area (Å²) in [6.07, 6.45) is 0.882. The molecule has 1 aromatic carbocycles. The van der Waals surface area contributed by atoms with Crippen LogP contribution in [0.5, 0.6) is 11.5 Å². The van der Waals surface area contributed by atoms with Crippen molar-refractivity contribution in [1.82, 2.24) is 0 Å². The van der Waals surface area contributed by atoms with Crippen molar-refractivity contribution >= 4 is 0 Å². The van der Waals surface area contributed by atoms with Crippen LogP contribution in [0.15, 0.2) is 12.1 Å². The van der Waals surface area contributed by atoms with Crippen LogP contribution in [0, 0.1) is 6.92 Å². The average molecular weight is 385 g/mol. The number of benzene rings is 1. The third-order valence-electron chi connectivity index (χ3n) is 5.06. The lowest BCUT2D eigenvalue weighted by Crippen LogP contribution is -2.44. The predicted molar refractivity (Wildman–Crippen MR) is 109 cm³/mol. The summed E-state index contributed by atoms with van der Waals surface area (Å²) in [5.74, 6) is 1.82. The Bertz CT molecular complexity index is 574. The van der Waals surface area contributed by atoms with Crippen molar-refractivity contribution in [3.05, 3.63) is 23.3 Å². The molecule has 0 aliphatic rings. The van der Waals surface area contributed by atoms with Crippen LogP contribution in [-0.2, 0) is 6.42 Å². The smallest absolute Gasteiger partial charge is 0.137 e. The van der Waals surface area contributed by atoms with Gasteiger partial charge in [0.05, 0.1) is 41.4 Å². The van der Waals surface area contributed by atoms with E-state index in [-0.39, 0.29) is 13.2 Å². The van der Waals surface area contributed by atoms with Crippen LogP contribution in [0.3, 0.4) is 0 Å². The zero-order valence-corrected chi connectivity index (χ0v) is 18.1. The number of likely N-dealkylation sites (N-methyl/N-ethyl adjacent to an activating group) is 2. The molecule has 0 fully saturated rings. The molecule has 27 heavy (non-hydrogen) atoms. The van der Waals surface area contributed by atoms with E-state index in [0.29, 0.717) is 13.2 Å². The molecule has 0 unspecified atom stereocenters. The summed E-state index contributed by atoms with van der Waals surface area (Å²) >= 11 is 0. The van der Waals surface area contributed by atoms with Gasteiger partial charge < -0.3 is 28.7 Å². The van der Waals surface area contributed by atoms with E-state index in [1.165, 1.54) is 0 Å². The fraction of sp³-hybridized carbons (Fsp3) is 0.714. The van der Waals surface area contributed by atoms with E-state index in [9.17, 15) is 0 Å². The van der Waals surface area contributed by atoms with Gasteiger partial charge in [-0.25, -0.2) is 0 Å². The molecular formula is C21H40N2O4+2. The van der Waals surface area contributed by atoms with Crippen LogP contribution >= 0.6 is 0 Å². The summed E-state index contributed by atoms with van der Waals surface area (Å²) in [6.45, 7) is 8.90. The number of rotatable bonds is 13. The Morgan fingerprint density at radius 3 is 1.70 bits per heavy atom. The van der Waals surface area contributed by atoms with E-state index in [0.717, 1.165) is 64.2 Å². The molecule has 0 amide bonds. The molecule has 0 aliphatic carbocycles. The lowest BCUT2D eigenvalue weighted by molar-refractivity contribution is -0.890. The number of quaternary nitrogens is 2. The monoisotopic (exact) mass is 384 g/mol. The van der Waals surface area contributed by atoms with Crippen LogP contribution in [0.25, 0.3) is 0 Å². The molecule has 2 N–H and O–H groups in total. The second kappa shape index (κ2) is 10.9. The van der Waals surface area contributed by atoms with E-state index in [2.05, 4.69) is 47.2 Å². The fourth-order valence-electron chi connectivity index (χ4n) is 2.84. The Hall–Kier alpha value is -1.34. The number of aliphatic hydroxyl groups excluding tert-OH is 2. The molecule has 156 valence electrons. The molecule has 1 aromatic rings. The third kappa shape index (κ3) is 8.47. The van der Waals surface area contributed by atoms with Gasteiger partial charge in [-0.2, -0.15) is 0 Å². The standard InChI is InChI=1S/C21H40N2O4/c1-7-19-17-20(26-14-10-22(3,4)8-12-24)18(2)16-21(19)27-15-11-23(5,6)9-13-25/h16-17,24-25H,7-15H2,1-6H3/q+2. The van der Waals surface area contributed by atoms with E-state index >= 15 is 0 Å². The Balaban J connectivity index is 2.69. The summed E-state index contributed by atoms with van der Waals surface area (Å²) in [7, 11) is 8.38. The van der Waals surface area contributed by atoms with E-state index in [1.807, 2.05) is 6.92 Å². The van der Waals surface area contributed by atoms with Gasteiger partial charge in [-0.15, -0.1) is 0 Å². The Kier molecular flexibility index (Phi) is 9.53. The van der Waals surface area contributed by atoms with Crippen LogP contribution < -0.4 is 9.47 Å². The van der Waals surface area contributed by atoms with Gasteiger partial charge in [0.2, 0.25) is 0 Å². The lowest BCUT2D eigenvalue weighted by Gasteiger charge is -2.29. The summed E-state index contributed by atoms with van der Waals surface area (Å²) < 4.78 is 13.5. The zero-order chi connectivity index (χ0) is 20.5. The van der Waals surface area contributed by atoms with Gasteiger partial charge in [0.15, 0.2) is 0 Å². The molecule has 0 aromatic heterocycles. The number of aryl methyl sites for hydroxylation is 2. The van der Waals surface area contributed by atoms with Gasteiger partial charge in [-0.3, -0.25) is 0 Å². The summed E-state index contributed by atoms with van der Waals surface area (Å²) in [6, 6.07) is 4.15. The highest BCUT2D eigenvalue weighted by Crippen LogP contribution is 2.29. The van der Waals surface area contributed by atoms with E-state index < -0.39 is 0 Å². The van der Waals surface area contributed by atoms with E-state index in [4.69, 9.17) is 19.7 Å². The van der Waals surface area contributed by atoms with Crippen LogP contribution in [0.4, 0.5) is 0 Å². The normalized spacial score (nSPS) is 12.3. The number of nitrogens with zero attached hydrogens (tertiary/aromatic N) is 2. The Labute approximate surface area is 165 Å². The highest BCUT2D eigenvalue weighted by Gasteiger charge is 2.17. The number of ether oxygens (including phenoxy) is 2. The molecule has 0 saturated carbocycles. The van der Waals surface area contributed by atoms with Gasteiger partial charge in [-0.1, -0.05) is 6.92 Å². The third-order valence-corrected chi connectivity index (χ3v) is 5.06. The quantitative estimate of drug-likeness (QED) is 0.506. The van der Waals surface area contributed by atoms with Crippen molar-refractivity contribution in [2.75, 3.05) is 80.8 Å². The summed E-state index contributed by atoms with van der Waals surface area (Å²) in [5.41, 5.74) is 2.21. The maximum Gasteiger partial charge on any atom is 0.137 e. The maximum atomic E-state index is 9.13. The lowest BCUT2D eigenvalue weighted by atomic mass is 10.1. The van der Waals surface area contributed by atoms with Crippen LogP contribution in [-0.4, -0.2) is 100.0 Å². The molecule has 0 aliphatic heterocycles. The second-order valence-electron chi connectivity index (χ2n) is 8.49. The van der Waals surface area contributed by atoms with Crippen molar-refractivity contribution < 1.29 is 28.7 Å². The fourth-order valence-corrected chi connectivity index (χ4v) is 2.84. The maximum absolute atomic E-state index is 9.13. The van der Waals surface area contributed by atoms with Crippen molar-refractivity contribution in [2.45, 2.75) is 20.3 Å². The Morgan fingerprint density at radius 2 is 1.26 bits per heavy atom. The minimum atomic E-state index is 0.186. The van der Waals surface area contributed by atoms with Gasteiger partial charge in [0.1, 0.15) is 50.9 Å². The first-order valence-corrected chi connectivity index (χ1v) is 9.89. The molecule has 0 spiro atoms. The SMILES string of the molecule is CCc1cc(OCC[N+](C)(C)CCO)c(C)cc1OCC[N+](C)(C)CCO. The Morgan fingerprint density at radius 1 is 0.778 bits per heavy atom. The topological polar surface area (TPSA) is 58.9 Å². The zero-order valence-electron chi connectivity index (χ0n) is 18.1. The minimum absolute atomic E-state index is 0.186. The van der Waals surface area contributed by atoms with Gasteiger partial charge in [0, 0.05) is 0 Å². The largest absolute Gasteiger partial charge is 0.487 e. The second-order valence-corrected chi connectivity index (χ2v) is 8.49. The molecule has 0 bridgehead atoms. The molecule has 0 saturated heterocycles. The first kappa shape index (κ1) is 23.7. The number of aliphatic hydroxyl groups is 2. The highest BCUT2D eigenvalue weighted by atomic mass is 16.5. The minimum Gasteiger partial charge on any atom is -0.487 e. The predicted octanol–water partition coefficient (Wildman–Crippen LogP) is 1.45. The molecule has 0 atom stereocenters. The number of hydrogen-bond acceptors (Lipinski definition) is 4. The van der Waals surface area contributed by atoms with Crippen molar-refractivity contribution in [3.8, 4) is 11.5 Å². The first-order valence-electron chi connectivity index (χ1n) is 9.89. The van der Waals surface area contributed by atoms with Gasteiger partial charge in [0.25, 0.3) is 0 Å². The summed E-state index contributed by atoms with van der Waals surface area (Å²) in [4.78, 5) is 0. The molecule has 0 radical (unpaired) electrons.